The van der Waals surface area contributed by atoms with Crippen LogP contribution >= 0.6 is 0 Å². The van der Waals surface area contributed by atoms with Gasteiger partial charge >= 0.3 is 6.09 Å². The predicted octanol–water partition coefficient (Wildman–Crippen LogP) is 7.70. The quantitative estimate of drug-likeness (QED) is 0.0601. The van der Waals surface area contributed by atoms with E-state index in [1.165, 1.54) is 41.3 Å². The molecule has 2 amide bonds. The minimum atomic E-state index is -4.28. The van der Waals surface area contributed by atoms with Crippen molar-refractivity contribution in [3.05, 3.63) is 160 Å². The summed E-state index contributed by atoms with van der Waals surface area (Å²) in [6, 6.07) is 31.0. The second kappa shape index (κ2) is 18.3. The van der Waals surface area contributed by atoms with Crippen molar-refractivity contribution in [1.82, 2.24) is 29.6 Å². The van der Waals surface area contributed by atoms with E-state index in [4.69, 9.17) is 14.2 Å². The molecule has 0 aliphatic rings. The minimum Gasteiger partial charge on any atom is -0.497 e. The van der Waals surface area contributed by atoms with E-state index in [1.54, 1.807) is 85.2 Å². The molecule has 0 bridgehead atoms. The molecule has 0 saturated heterocycles. The smallest absolute Gasteiger partial charge is 0.417 e. The summed E-state index contributed by atoms with van der Waals surface area (Å²) in [5.41, 5.74) is 0.202. The maximum atomic E-state index is 14.6. The molecule has 0 fully saturated rings. The number of sulfonamides is 1. The van der Waals surface area contributed by atoms with Crippen LogP contribution < -0.4 is 14.2 Å². The fourth-order valence-corrected chi connectivity index (χ4v) is 8.27. The van der Waals surface area contributed by atoms with Crippen molar-refractivity contribution < 1.29 is 37.1 Å². The number of imide groups is 1. The number of nitrogens with one attached hydrogen (secondary N) is 1. The first-order chi connectivity index (χ1) is 29.4. The highest BCUT2D eigenvalue weighted by Gasteiger charge is 2.41. The van der Waals surface area contributed by atoms with Crippen LogP contribution in [0.4, 0.5) is 10.5 Å². The van der Waals surface area contributed by atoms with Crippen molar-refractivity contribution in [1.29, 1.82) is 0 Å². The largest absolute Gasteiger partial charge is 0.497 e. The molecule has 1 unspecified atom stereocenters. The van der Waals surface area contributed by atoms with E-state index in [0.717, 1.165) is 4.90 Å². The number of rotatable bonds is 15. The molecule has 62 heavy (non-hydrogen) atoms. The minimum absolute atomic E-state index is 0.0334. The number of methoxy groups -OCH3 is 2. The van der Waals surface area contributed by atoms with Gasteiger partial charge in [-0.25, -0.2) is 22.8 Å². The lowest BCUT2D eigenvalue weighted by Crippen LogP contribution is -2.47. The second-order valence-electron chi connectivity index (χ2n) is 15.6. The highest BCUT2D eigenvalue weighted by atomic mass is 32.2. The van der Waals surface area contributed by atoms with Gasteiger partial charge in [0.05, 0.1) is 42.5 Å². The maximum absolute atomic E-state index is 14.6. The number of benzene rings is 4. The Hall–Kier alpha value is -6.98. The Morgan fingerprint density at radius 1 is 0.839 bits per heavy atom. The molecule has 0 aliphatic heterocycles. The Kier molecular flexibility index (Phi) is 13.2. The first-order valence-corrected chi connectivity index (χ1v) is 21.0. The summed E-state index contributed by atoms with van der Waals surface area (Å²) < 4.78 is 50.0. The van der Waals surface area contributed by atoms with Crippen LogP contribution in [0.15, 0.2) is 133 Å². The molecule has 2 heterocycles. The molecule has 0 saturated carbocycles. The first-order valence-electron chi connectivity index (χ1n) is 19.5. The van der Waals surface area contributed by atoms with Gasteiger partial charge in [-0.2, -0.15) is 4.72 Å². The van der Waals surface area contributed by atoms with Crippen LogP contribution in [-0.2, 0) is 31.6 Å². The molecule has 1 N–H and O–H groups in total. The lowest BCUT2D eigenvalue weighted by Gasteiger charge is -2.36. The average Bonchev–Trinajstić information content (AvgIpc) is 3.74. The van der Waals surface area contributed by atoms with E-state index >= 15 is 0 Å². The van der Waals surface area contributed by atoms with Crippen molar-refractivity contribution in [3.63, 3.8) is 0 Å². The number of aromatic nitrogens is 4. The van der Waals surface area contributed by atoms with Gasteiger partial charge < -0.3 is 14.2 Å². The Balaban J connectivity index is 1.33. The Morgan fingerprint density at radius 3 is 1.92 bits per heavy atom. The highest BCUT2D eigenvalue weighted by molar-refractivity contribution is 7.89. The first kappa shape index (κ1) is 44.6. The maximum Gasteiger partial charge on any atom is 0.417 e. The second-order valence-corrected chi connectivity index (χ2v) is 17.3. The van der Waals surface area contributed by atoms with Gasteiger partial charge in [-0.05, 0) is 79.8 Å². The molecule has 322 valence electrons. The fraction of sp³-hybridized carbons (Fsp3) is 0.267. The molecule has 4 aromatic carbocycles. The lowest BCUT2D eigenvalue weighted by atomic mass is 9.78. The molecule has 0 aliphatic carbocycles. The van der Waals surface area contributed by atoms with Crippen LogP contribution in [0.3, 0.4) is 0 Å². The number of nitro groups is 1. The summed E-state index contributed by atoms with van der Waals surface area (Å²) in [4.78, 5) is 43.7. The summed E-state index contributed by atoms with van der Waals surface area (Å²) in [7, 11) is -1.16. The lowest BCUT2D eigenvalue weighted by molar-refractivity contribution is -0.385. The van der Waals surface area contributed by atoms with Gasteiger partial charge in [0.15, 0.2) is 0 Å². The summed E-state index contributed by atoms with van der Waals surface area (Å²) in [6.07, 6.45) is 1.78. The predicted molar refractivity (Wildman–Crippen MR) is 230 cm³/mol. The molecule has 6 aromatic rings. The zero-order valence-electron chi connectivity index (χ0n) is 35.3. The summed E-state index contributed by atoms with van der Waals surface area (Å²) in [5, 5.41) is 20.0. The number of ether oxygens (including phenoxy) is 3. The van der Waals surface area contributed by atoms with Gasteiger partial charge in [0.2, 0.25) is 10.0 Å². The number of carbonyl (C=O) groups is 2. The molecule has 17 heteroatoms. The van der Waals surface area contributed by atoms with Crippen LogP contribution in [-0.4, -0.2) is 70.0 Å². The third-order valence-corrected chi connectivity index (χ3v) is 11.4. The zero-order valence-corrected chi connectivity index (χ0v) is 36.1. The topological polar surface area (TPSA) is 198 Å². The molecule has 16 nitrogen and oxygen atoms in total. The number of hydrogen-bond acceptors (Lipinski definition) is 12. The van der Waals surface area contributed by atoms with Gasteiger partial charge in [0.25, 0.3) is 11.6 Å². The third-order valence-electron chi connectivity index (χ3n) is 9.89. The van der Waals surface area contributed by atoms with Gasteiger partial charge in [-0.15, -0.1) is 5.10 Å². The van der Waals surface area contributed by atoms with Gasteiger partial charge in [0, 0.05) is 23.9 Å². The average molecular weight is 862 g/mol. The molecule has 6 rings (SSSR count). The van der Waals surface area contributed by atoms with E-state index < -0.39 is 56.6 Å². The van der Waals surface area contributed by atoms with E-state index in [2.05, 4.69) is 20.0 Å². The summed E-state index contributed by atoms with van der Waals surface area (Å²) >= 11 is 0. The molecule has 0 spiro atoms. The van der Waals surface area contributed by atoms with Crippen LogP contribution in [0, 0.1) is 16.0 Å². The molecular formula is C45H47N7O9S. The van der Waals surface area contributed by atoms with Crippen molar-refractivity contribution >= 4 is 27.7 Å². The van der Waals surface area contributed by atoms with Gasteiger partial charge in [0.1, 0.15) is 34.4 Å². The van der Waals surface area contributed by atoms with Crippen molar-refractivity contribution in [2.24, 2.45) is 5.92 Å². The van der Waals surface area contributed by atoms with E-state index in [9.17, 15) is 28.1 Å². The van der Waals surface area contributed by atoms with Gasteiger partial charge in [-0.3, -0.25) is 19.9 Å². The summed E-state index contributed by atoms with van der Waals surface area (Å²) in [6.45, 7) is 8.07. The van der Waals surface area contributed by atoms with Gasteiger partial charge in [-0.1, -0.05) is 85.8 Å². The Bertz CT molecular complexity index is 2580. The number of hydrogen-bond donors (Lipinski definition) is 1. The molecular weight excluding hydrogens is 815 g/mol. The number of amides is 2. The summed E-state index contributed by atoms with van der Waals surface area (Å²) in [5.74, 6) is 0.0631. The van der Waals surface area contributed by atoms with Crippen LogP contribution in [0.25, 0.3) is 11.3 Å². The Labute approximate surface area is 359 Å². The van der Waals surface area contributed by atoms with Crippen molar-refractivity contribution in [2.45, 2.75) is 63.2 Å². The Morgan fingerprint density at radius 2 is 1.40 bits per heavy atom. The normalized spacial score (nSPS) is 12.4. The fourth-order valence-electron chi connectivity index (χ4n) is 6.90. The number of carbonyl (C=O) groups excluding carboxylic acids is 2. The van der Waals surface area contributed by atoms with Crippen molar-refractivity contribution in [3.8, 4) is 22.8 Å². The van der Waals surface area contributed by atoms with E-state index in [-0.39, 0.29) is 16.3 Å². The highest BCUT2D eigenvalue weighted by Crippen LogP contribution is 2.40. The van der Waals surface area contributed by atoms with Crippen LogP contribution in [0.5, 0.6) is 11.5 Å². The van der Waals surface area contributed by atoms with E-state index in [0.29, 0.717) is 39.4 Å². The van der Waals surface area contributed by atoms with E-state index in [1.807, 2.05) is 54.6 Å². The molecule has 0 radical (unpaired) electrons. The molecule has 2 aromatic heterocycles. The number of pyridine rings is 1. The SMILES string of the molecule is COc1ccc(C(NS(=O)(=O)c2ccc(-c3cn(C(C(=O)N(Cc4cc([N+](=O)[O-])ccn4)C(=O)OC(C)(C)C)C(C)C)nn3)cc2)(c2ccccc2)c2ccc(OC)cc2)cc1. The van der Waals surface area contributed by atoms with Crippen LogP contribution in [0.1, 0.15) is 63.0 Å². The number of nitrogens with zero attached hydrogens (tertiary/aromatic N) is 6. The zero-order chi connectivity index (χ0) is 44.8. The third kappa shape index (κ3) is 9.80. The molecule has 1 atom stereocenters. The monoisotopic (exact) mass is 861 g/mol. The van der Waals surface area contributed by atoms with Crippen molar-refractivity contribution in [2.75, 3.05) is 14.2 Å². The standard InChI is InChI=1S/C45H47N7O9S/c1-30(2)41(42(53)50(43(54)61-44(3,4)5)28-35-27-36(52(55)56)25-26-46-35)51-29-40(47-49-51)31-13-23-39(24-14-31)62(57,58)48-45(32-11-9-8-10-12-32,33-15-19-37(59-6)20-16-33)34-17-21-38(60-7)22-18-34/h8-27,29-30,41,48H,28H2,1-7H3. The van der Waals surface area contributed by atoms with Crippen LogP contribution in [0.2, 0.25) is 0 Å².